The van der Waals surface area contributed by atoms with Crippen LogP contribution in [0.15, 0.2) is 23.8 Å². The molecule has 176 valence electrons. The van der Waals surface area contributed by atoms with Gasteiger partial charge in [0.1, 0.15) is 6.61 Å². The summed E-state index contributed by atoms with van der Waals surface area (Å²) in [6.07, 6.45) is 9.42. The van der Waals surface area contributed by atoms with E-state index in [4.69, 9.17) is 4.74 Å². The van der Waals surface area contributed by atoms with E-state index < -0.39 is 35.5 Å². The van der Waals surface area contributed by atoms with Gasteiger partial charge in [-0.15, -0.1) is 0 Å². The first-order chi connectivity index (χ1) is 15.1. The Morgan fingerprint density at radius 2 is 2.00 bits per heavy atom. The average molecular weight is 445 g/mol. The molecule has 0 bridgehead atoms. The minimum atomic E-state index is -1.39. The molecule has 0 aromatic rings. The highest BCUT2D eigenvalue weighted by Crippen LogP contribution is 2.67. The zero-order valence-corrected chi connectivity index (χ0v) is 19.4. The molecule has 6 heteroatoms. The molecule has 0 aromatic carbocycles. The number of carbonyl (C=O) groups is 3. The number of aliphatic hydroxyl groups excluding tert-OH is 2. The van der Waals surface area contributed by atoms with Crippen molar-refractivity contribution in [1.82, 2.24) is 0 Å². The highest BCUT2D eigenvalue weighted by molar-refractivity contribution is 6.01. The quantitative estimate of drug-likeness (QED) is 0.610. The number of rotatable bonds is 6. The van der Waals surface area contributed by atoms with Gasteiger partial charge in [0, 0.05) is 23.2 Å². The Hall–Kier alpha value is -1.79. The molecule has 0 heterocycles. The summed E-state index contributed by atoms with van der Waals surface area (Å²) >= 11 is 0. The van der Waals surface area contributed by atoms with Gasteiger partial charge in [-0.1, -0.05) is 38.8 Å². The third-order valence-corrected chi connectivity index (χ3v) is 9.23. The molecule has 0 aromatic heterocycles. The monoisotopic (exact) mass is 444 g/mol. The van der Waals surface area contributed by atoms with Gasteiger partial charge in [-0.3, -0.25) is 14.4 Å². The number of unbranched alkanes of at least 4 members (excludes halogenated alkanes) is 1. The molecule has 32 heavy (non-hydrogen) atoms. The summed E-state index contributed by atoms with van der Waals surface area (Å²) in [5, 5.41) is 21.3. The number of Topliss-reactive ketones (excluding diaryl/α,β-unsaturated/α-hetero) is 1. The summed E-state index contributed by atoms with van der Waals surface area (Å²) < 4.78 is 5.97. The Morgan fingerprint density at radius 3 is 2.69 bits per heavy atom. The molecule has 0 amide bonds. The molecule has 3 fully saturated rings. The molecular weight excluding hydrogens is 408 g/mol. The molecule has 2 N–H and O–H groups in total. The number of allylic oxidation sites excluding steroid dienone is 4. The van der Waals surface area contributed by atoms with Gasteiger partial charge in [0.2, 0.25) is 5.78 Å². The molecule has 0 aliphatic heterocycles. The van der Waals surface area contributed by atoms with Crippen molar-refractivity contribution in [2.24, 2.45) is 28.6 Å². The summed E-state index contributed by atoms with van der Waals surface area (Å²) in [5.74, 6) is -0.675. The number of aliphatic hydroxyl groups is 2. The van der Waals surface area contributed by atoms with Crippen molar-refractivity contribution in [2.45, 2.75) is 83.8 Å². The summed E-state index contributed by atoms with van der Waals surface area (Å²) in [5.41, 5.74) is -1.43. The lowest BCUT2D eigenvalue weighted by Crippen LogP contribution is -2.63. The van der Waals surface area contributed by atoms with Gasteiger partial charge in [-0.05, 0) is 62.5 Å². The van der Waals surface area contributed by atoms with Crippen molar-refractivity contribution < 1.29 is 29.3 Å². The Kier molecular flexibility index (Phi) is 6.00. The zero-order valence-electron chi connectivity index (χ0n) is 19.4. The molecule has 0 unspecified atom stereocenters. The van der Waals surface area contributed by atoms with Gasteiger partial charge in [0.15, 0.2) is 11.4 Å². The lowest BCUT2D eigenvalue weighted by molar-refractivity contribution is -0.200. The Labute approximate surface area is 190 Å². The highest BCUT2D eigenvalue weighted by Gasteiger charge is 2.70. The molecule has 6 nitrogen and oxygen atoms in total. The maximum atomic E-state index is 13.1. The summed E-state index contributed by atoms with van der Waals surface area (Å²) in [4.78, 5) is 37.8. The minimum Gasteiger partial charge on any atom is -0.450 e. The predicted molar refractivity (Wildman–Crippen MR) is 118 cm³/mol. The molecule has 7 atom stereocenters. The van der Waals surface area contributed by atoms with Crippen LogP contribution in [0.1, 0.15) is 72.1 Å². The molecule has 0 spiro atoms. The fraction of sp³-hybridized carbons (Fsp3) is 0.731. The number of fused-ring (bicyclic) bond motifs is 5. The van der Waals surface area contributed by atoms with Crippen LogP contribution in [0, 0.1) is 28.6 Å². The Morgan fingerprint density at radius 1 is 1.25 bits per heavy atom. The van der Waals surface area contributed by atoms with E-state index in [0.717, 1.165) is 31.3 Å². The van der Waals surface area contributed by atoms with E-state index in [1.54, 1.807) is 12.2 Å². The fourth-order valence-corrected chi connectivity index (χ4v) is 7.69. The van der Waals surface area contributed by atoms with Gasteiger partial charge in [-0.25, -0.2) is 0 Å². The number of hydrogen-bond acceptors (Lipinski definition) is 6. The van der Waals surface area contributed by atoms with Crippen molar-refractivity contribution in [2.75, 3.05) is 6.61 Å². The van der Waals surface area contributed by atoms with Crippen molar-refractivity contribution in [3.63, 3.8) is 0 Å². The van der Waals surface area contributed by atoms with Gasteiger partial charge < -0.3 is 14.9 Å². The Bertz CT molecular complexity index is 874. The predicted octanol–water partition coefficient (Wildman–Crippen LogP) is 3.30. The maximum Gasteiger partial charge on any atom is 0.306 e. The van der Waals surface area contributed by atoms with Crippen molar-refractivity contribution in [3.05, 3.63) is 23.8 Å². The van der Waals surface area contributed by atoms with E-state index in [1.165, 1.54) is 0 Å². The van der Waals surface area contributed by atoms with Crippen LogP contribution in [0.5, 0.6) is 0 Å². The van der Waals surface area contributed by atoms with Gasteiger partial charge in [-0.2, -0.15) is 0 Å². The van der Waals surface area contributed by atoms with E-state index in [0.29, 0.717) is 19.3 Å². The van der Waals surface area contributed by atoms with Crippen LogP contribution >= 0.6 is 0 Å². The van der Waals surface area contributed by atoms with Crippen LogP contribution in [-0.2, 0) is 19.1 Å². The normalized spacial score (nSPS) is 42.5. The van der Waals surface area contributed by atoms with Crippen molar-refractivity contribution >= 4 is 17.5 Å². The minimum absolute atomic E-state index is 0.00141. The van der Waals surface area contributed by atoms with Crippen LogP contribution in [-0.4, -0.2) is 46.1 Å². The molecule has 3 saturated carbocycles. The molecule has 0 radical (unpaired) electrons. The maximum absolute atomic E-state index is 13.1. The number of hydrogen-bond donors (Lipinski definition) is 2. The summed E-state index contributed by atoms with van der Waals surface area (Å²) in [6, 6.07) is 0. The van der Waals surface area contributed by atoms with Gasteiger partial charge >= 0.3 is 5.97 Å². The van der Waals surface area contributed by atoms with Gasteiger partial charge in [0.25, 0.3) is 0 Å². The fourth-order valence-electron chi connectivity index (χ4n) is 7.69. The lowest BCUT2D eigenvalue weighted by atomic mass is 9.46. The molecule has 4 aliphatic rings. The van der Waals surface area contributed by atoms with E-state index in [1.807, 2.05) is 19.9 Å². The SMILES string of the molecule is CCCCC(=O)O[C@@]1(C(=O)CO)CC[C@H]2[C@@H]3CCC4=CC(=O)C=C[C@]4(C)[C@H]3[C@@H](O)C[C@@]21C. The number of esters is 1. The first-order valence-corrected chi connectivity index (χ1v) is 12.1. The number of ether oxygens (including phenoxy) is 1. The third kappa shape index (κ3) is 3.25. The number of ketones is 2. The summed E-state index contributed by atoms with van der Waals surface area (Å²) in [7, 11) is 0. The molecule has 4 rings (SSSR count). The topological polar surface area (TPSA) is 101 Å². The van der Waals surface area contributed by atoms with E-state index in [9.17, 15) is 24.6 Å². The number of carbonyl (C=O) groups excluding carboxylic acids is 3. The second kappa shape index (κ2) is 8.21. The third-order valence-electron chi connectivity index (χ3n) is 9.23. The molecule has 0 saturated heterocycles. The lowest BCUT2D eigenvalue weighted by Gasteiger charge is -2.59. The van der Waals surface area contributed by atoms with E-state index in [-0.39, 0.29) is 35.4 Å². The van der Waals surface area contributed by atoms with Crippen LogP contribution in [0.4, 0.5) is 0 Å². The van der Waals surface area contributed by atoms with Crippen LogP contribution in [0.3, 0.4) is 0 Å². The van der Waals surface area contributed by atoms with Crippen LogP contribution in [0.2, 0.25) is 0 Å². The van der Waals surface area contributed by atoms with Gasteiger partial charge in [0.05, 0.1) is 6.10 Å². The largest absolute Gasteiger partial charge is 0.450 e. The first-order valence-electron chi connectivity index (χ1n) is 12.1. The van der Waals surface area contributed by atoms with Crippen LogP contribution in [0.25, 0.3) is 0 Å². The van der Waals surface area contributed by atoms with Crippen molar-refractivity contribution in [3.8, 4) is 0 Å². The Balaban J connectivity index is 1.70. The second-order valence-corrected chi connectivity index (χ2v) is 10.7. The summed E-state index contributed by atoms with van der Waals surface area (Å²) in [6.45, 7) is 5.39. The first kappa shape index (κ1) is 23.4. The zero-order chi connectivity index (χ0) is 23.3. The second-order valence-electron chi connectivity index (χ2n) is 10.7. The standard InChI is InChI=1S/C26H36O6/c1-4-5-6-22(31)32-26(21(30)15-27)12-10-19-18-8-7-16-13-17(28)9-11-24(16,2)23(18)20(29)14-25(19,26)3/h9,11,13,18-20,23,27,29H,4-8,10,12,14-15H2,1-3H3/t18-,19-,20-,23+,24-,25-,26+/m0/s1. The van der Waals surface area contributed by atoms with E-state index in [2.05, 4.69) is 6.92 Å². The average Bonchev–Trinajstić information content (AvgIpc) is 3.04. The molecular formula is C26H36O6. The highest BCUT2D eigenvalue weighted by atomic mass is 16.6. The van der Waals surface area contributed by atoms with Crippen molar-refractivity contribution in [1.29, 1.82) is 0 Å². The molecule has 4 aliphatic carbocycles. The van der Waals surface area contributed by atoms with E-state index >= 15 is 0 Å². The van der Waals surface area contributed by atoms with Crippen LogP contribution < -0.4 is 0 Å². The smallest absolute Gasteiger partial charge is 0.306 e.